The number of aliphatic carboxylic acids is 1. The lowest BCUT2D eigenvalue weighted by Gasteiger charge is -2.31. The zero-order valence-electron chi connectivity index (χ0n) is 39.9. The van der Waals surface area contributed by atoms with Gasteiger partial charge in [-0.15, -0.1) is 0 Å². The molecular formula is C45H71N13O11. The number of amides is 9. The van der Waals surface area contributed by atoms with E-state index in [-0.39, 0.29) is 70.0 Å². The van der Waals surface area contributed by atoms with E-state index in [1.165, 1.54) is 9.80 Å². The van der Waals surface area contributed by atoms with Crippen LogP contribution in [-0.2, 0) is 54.4 Å². The van der Waals surface area contributed by atoms with Crippen molar-refractivity contribution in [2.75, 3.05) is 32.7 Å². The third-order valence-electron chi connectivity index (χ3n) is 12.1. The van der Waals surface area contributed by atoms with Crippen molar-refractivity contribution in [3.05, 3.63) is 35.9 Å². The molecule has 8 atom stereocenters. The summed E-state index contributed by atoms with van der Waals surface area (Å²) >= 11 is 0. The zero-order chi connectivity index (χ0) is 51.4. The summed E-state index contributed by atoms with van der Waals surface area (Å²) in [6, 6.07) is 1.47. The van der Waals surface area contributed by atoms with Gasteiger partial charge in [-0.1, -0.05) is 64.4 Å². The van der Waals surface area contributed by atoms with Gasteiger partial charge < -0.3 is 69.7 Å². The Morgan fingerprint density at radius 2 is 1.26 bits per heavy atom. The minimum atomic E-state index is -1.42. The first-order valence-electron chi connectivity index (χ1n) is 23.4. The van der Waals surface area contributed by atoms with Crippen LogP contribution in [-0.4, -0.2) is 155 Å². The fraction of sp³-hybridized carbons (Fsp3) is 0.622. The number of nitrogens with one attached hydrogen (secondary N) is 6. The van der Waals surface area contributed by atoms with Crippen molar-refractivity contribution in [3.8, 4) is 0 Å². The predicted molar refractivity (Wildman–Crippen MR) is 252 cm³/mol. The molecule has 69 heavy (non-hydrogen) atoms. The first kappa shape index (κ1) is 56.5. The molecule has 0 radical (unpaired) electrons. The smallest absolute Gasteiger partial charge is 0.326 e. The normalized spacial score (nSPS) is 18.1. The number of carboxylic acid groups (broad SMARTS) is 1. The summed E-state index contributed by atoms with van der Waals surface area (Å²) < 4.78 is 0. The number of guanidine groups is 1. The minimum absolute atomic E-state index is 0.0265. The molecule has 24 heteroatoms. The largest absolute Gasteiger partial charge is 0.480 e. The number of rotatable bonds is 27. The molecule has 0 unspecified atom stereocenters. The molecule has 2 aliphatic rings. The van der Waals surface area contributed by atoms with E-state index >= 15 is 0 Å². The molecule has 0 bridgehead atoms. The van der Waals surface area contributed by atoms with E-state index in [1.807, 2.05) is 30.3 Å². The second kappa shape index (κ2) is 27.8. The quantitative estimate of drug-likeness (QED) is 0.0235. The molecular weight excluding hydrogens is 899 g/mol. The Morgan fingerprint density at radius 3 is 1.78 bits per heavy atom. The molecule has 1 aromatic carbocycles. The Balaban J connectivity index is 1.63. The van der Waals surface area contributed by atoms with Crippen LogP contribution in [0.4, 0.5) is 0 Å². The standard InChI is InChI=1S/C45H71N13O11/c1-5-26(4)37(44(68)69)56-41(65)32-16-11-21-58(32)43(67)36(25(2)3)55-35(61)24-52-39(63)30(17-18-33(47)59)53-34(60)23-51-38(62)29(14-9-19-50-45(48)49)54-40(64)31-15-10-20-57(31)42(66)28(46)22-27-12-7-6-8-13-27/h6-8,12-13,25-26,28-32,36-37H,5,9-11,14-24,46H2,1-4H3,(H2,47,59)(H,51,62)(H,52,63)(H,53,60)(H,54,64)(H,55,61)(H,56,65)(H,68,69)(H4,48,49,50)/t26-,28-,29-,30-,31-,32-,36-,37-/m0/s1. The summed E-state index contributed by atoms with van der Waals surface area (Å²) in [4.78, 5) is 138. The van der Waals surface area contributed by atoms with Crippen molar-refractivity contribution in [2.45, 2.75) is 134 Å². The van der Waals surface area contributed by atoms with Crippen LogP contribution in [0.5, 0.6) is 0 Å². The molecule has 1 aromatic rings. The number of nitrogens with zero attached hydrogens (tertiary/aromatic N) is 3. The van der Waals surface area contributed by atoms with E-state index in [0.29, 0.717) is 25.7 Å². The van der Waals surface area contributed by atoms with Crippen molar-refractivity contribution in [1.82, 2.24) is 41.7 Å². The van der Waals surface area contributed by atoms with Gasteiger partial charge in [-0.2, -0.15) is 0 Å². The summed E-state index contributed by atoms with van der Waals surface area (Å²) in [6.07, 6.45) is 1.97. The van der Waals surface area contributed by atoms with Gasteiger partial charge in [-0.05, 0) is 68.8 Å². The second-order valence-electron chi connectivity index (χ2n) is 17.7. The number of hydrogen-bond acceptors (Lipinski definition) is 12. The van der Waals surface area contributed by atoms with Gasteiger partial charge in [0, 0.05) is 26.1 Å². The number of carboxylic acids is 1. The number of carbonyl (C=O) groups is 10. The number of hydrogen-bond donors (Lipinski definition) is 11. The van der Waals surface area contributed by atoms with Crippen molar-refractivity contribution in [3.63, 3.8) is 0 Å². The summed E-state index contributed by atoms with van der Waals surface area (Å²) in [5.41, 5.74) is 23.3. The lowest BCUT2D eigenvalue weighted by Crippen LogP contribution is -2.58. The molecule has 2 saturated heterocycles. The van der Waals surface area contributed by atoms with Gasteiger partial charge in [0.05, 0.1) is 19.1 Å². The number of carbonyl (C=O) groups excluding carboxylic acids is 9. The number of primary amides is 1. The van der Waals surface area contributed by atoms with Crippen molar-refractivity contribution >= 4 is 65.1 Å². The number of likely N-dealkylation sites (tertiary alicyclic amines) is 2. The maximum absolute atomic E-state index is 13.8. The summed E-state index contributed by atoms with van der Waals surface area (Å²) in [6.45, 7) is 6.06. The monoisotopic (exact) mass is 970 g/mol. The average molecular weight is 970 g/mol. The maximum atomic E-state index is 13.8. The molecule has 24 nitrogen and oxygen atoms in total. The van der Waals surface area contributed by atoms with Crippen LogP contribution >= 0.6 is 0 Å². The first-order valence-corrected chi connectivity index (χ1v) is 23.4. The van der Waals surface area contributed by atoms with E-state index in [0.717, 1.165) is 5.56 Å². The molecule has 0 saturated carbocycles. The Bertz CT molecular complexity index is 2020. The second-order valence-corrected chi connectivity index (χ2v) is 17.7. The molecule has 0 aromatic heterocycles. The maximum Gasteiger partial charge on any atom is 0.326 e. The highest BCUT2D eigenvalue weighted by Gasteiger charge is 2.41. The Labute approximate surface area is 401 Å². The van der Waals surface area contributed by atoms with Gasteiger partial charge in [-0.3, -0.25) is 48.1 Å². The predicted octanol–water partition coefficient (Wildman–Crippen LogP) is -3.18. The SMILES string of the molecule is CC[C@H](C)[C@H](NC(=O)[C@@H]1CCCN1C(=O)[C@@H](NC(=O)CNC(=O)[C@H](CCC(N)=O)NC(=O)CNC(=O)[C@H](CCCN=C(N)N)NC(=O)[C@@H]1CCCN1C(=O)[C@@H](N)Cc1ccccc1)C(C)C)C(=O)O. The van der Waals surface area contributed by atoms with E-state index in [1.54, 1.807) is 27.7 Å². The highest BCUT2D eigenvalue weighted by molar-refractivity contribution is 5.97. The van der Waals surface area contributed by atoms with E-state index in [9.17, 15) is 53.1 Å². The summed E-state index contributed by atoms with van der Waals surface area (Å²) in [5, 5.41) is 24.7. The van der Waals surface area contributed by atoms with Gasteiger partial charge >= 0.3 is 5.97 Å². The number of nitrogens with two attached hydrogens (primary N) is 4. The molecule has 2 heterocycles. The third kappa shape index (κ3) is 18.0. The van der Waals surface area contributed by atoms with Gasteiger partial charge in [0.2, 0.25) is 53.2 Å². The number of aliphatic imine (C=N–C) groups is 1. The lowest BCUT2D eigenvalue weighted by molar-refractivity contribution is -0.146. The van der Waals surface area contributed by atoms with E-state index in [4.69, 9.17) is 22.9 Å². The Morgan fingerprint density at radius 1 is 0.725 bits per heavy atom. The van der Waals surface area contributed by atoms with Crippen LogP contribution in [0.15, 0.2) is 35.3 Å². The van der Waals surface area contributed by atoms with Gasteiger partial charge in [0.1, 0.15) is 36.3 Å². The fourth-order valence-electron chi connectivity index (χ4n) is 8.05. The van der Waals surface area contributed by atoms with Crippen molar-refractivity contribution in [2.24, 2.45) is 39.8 Å². The van der Waals surface area contributed by atoms with Crippen LogP contribution in [0, 0.1) is 11.8 Å². The summed E-state index contributed by atoms with van der Waals surface area (Å²) in [7, 11) is 0. The molecule has 3 rings (SSSR count). The van der Waals surface area contributed by atoms with Crippen molar-refractivity contribution < 1.29 is 53.1 Å². The van der Waals surface area contributed by atoms with Crippen molar-refractivity contribution in [1.29, 1.82) is 0 Å². The highest BCUT2D eigenvalue weighted by Crippen LogP contribution is 2.22. The summed E-state index contributed by atoms with van der Waals surface area (Å²) in [5.74, 6) is -8.58. The number of benzene rings is 1. The highest BCUT2D eigenvalue weighted by atomic mass is 16.4. The third-order valence-corrected chi connectivity index (χ3v) is 12.1. The van der Waals surface area contributed by atoms with Gasteiger partial charge in [0.15, 0.2) is 5.96 Å². The van der Waals surface area contributed by atoms with Gasteiger partial charge in [0.25, 0.3) is 0 Å². The molecule has 382 valence electrons. The Hall–Kier alpha value is -6.85. The van der Waals surface area contributed by atoms with E-state index in [2.05, 4.69) is 36.9 Å². The molecule has 2 aliphatic heterocycles. The first-order chi connectivity index (χ1) is 32.6. The van der Waals surface area contributed by atoms with Crippen LogP contribution in [0.1, 0.15) is 91.0 Å². The van der Waals surface area contributed by atoms with Crippen LogP contribution in [0.3, 0.4) is 0 Å². The topological polar surface area (TPSA) is 386 Å². The molecule has 9 amide bonds. The Kier molecular flexibility index (Phi) is 22.8. The zero-order valence-corrected chi connectivity index (χ0v) is 39.9. The van der Waals surface area contributed by atoms with E-state index < -0.39 is 120 Å². The molecule has 0 spiro atoms. The van der Waals surface area contributed by atoms with Crippen LogP contribution in [0.25, 0.3) is 0 Å². The minimum Gasteiger partial charge on any atom is -0.480 e. The molecule has 15 N–H and O–H groups in total. The van der Waals surface area contributed by atoms with Crippen LogP contribution in [0.2, 0.25) is 0 Å². The molecule has 0 aliphatic carbocycles. The molecule has 2 fully saturated rings. The van der Waals surface area contributed by atoms with Gasteiger partial charge in [-0.25, -0.2) is 4.79 Å². The fourth-order valence-corrected chi connectivity index (χ4v) is 8.05. The van der Waals surface area contributed by atoms with Crippen LogP contribution < -0.4 is 54.8 Å². The lowest BCUT2D eigenvalue weighted by atomic mass is 9.98. The average Bonchev–Trinajstić information content (AvgIpc) is 4.01.